The molecular weight excluding hydrogens is 338 g/mol. The van der Waals surface area contributed by atoms with Crippen LogP contribution in [-0.4, -0.2) is 77.5 Å². The van der Waals surface area contributed by atoms with Crippen LogP contribution >= 0.6 is 11.3 Å². The maximum atomic E-state index is 12.1. The number of sulfone groups is 1. The van der Waals surface area contributed by atoms with Crippen LogP contribution in [-0.2, 0) is 21.2 Å². The molecule has 0 spiro atoms. The van der Waals surface area contributed by atoms with E-state index in [1.54, 1.807) is 11.3 Å². The Kier molecular flexibility index (Phi) is 4.73. The number of carboxylic acids is 1. The number of nitrogens with zero attached hydrogens (tertiary/aromatic N) is 3. The van der Waals surface area contributed by atoms with Crippen molar-refractivity contribution in [3.63, 3.8) is 0 Å². The normalized spacial score (nSPS) is 27.9. The first-order valence-electron chi connectivity index (χ1n) is 7.65. The summed E-state index contributed by atoms with van der Waals surface area (Å²) in [7, 11) is -3.07. The van der Waals surface area contributed by atoms with E-state index in [1.807, 2.05) is 17.2 Å². The molecule has 23 heavy (non-hydrogen) atoms. The summed E-state index contributed by atoms with van der Waals surface area (Å²) in [6.07, 6.45) is 0.0501. The number of carbonyl (C=O) groups is 1. The average molecular weight is 359 g/mol. The quantitative estimate of drug-likeness (QED) is 0.803. The minimum absolute atomic E-state index is 0.0501. The van der Waals surface area contributed by atoms with Crippen molar-refractivity contribution in [2.75, 3.05) is 31.1 Å². The molecule has 1 aromatic rings. The lowest BCUT2D eigenvalue weighted by Gasteiger charge is -2.43. The van der Waals surface area contributed by atoms with Gasteiger partial charge in [-0.15, -0.1) is 11.3 Å². The molecular formula is C14H21N3O4S2. The van der Waals surface area contributed by atoms with Crippen LogP contribution in [0.15, 0.2) is 5.38 Å². The highest BCUT2D eigenvalue weighted by molar-refractivity contribution is 7.91. The van der Waals surface area contributed by atoms with Crippen molar-refractivity contribution in [2.24, 2.45) is 0 Å². The Bertz CT molecular complexity index is 688. The van der Waals surface area contributed by atoms with Crippen LogP contribution in [0.3, 0.4) is 0 Å². The van der Waals surface area contributed by atoms with Gasteiger partial charge in [-0.25, -0.2) is 13.4 Å². The summed E-state index contributed by atoms with van der Waals surface area (Å²) < 4.78 is 24.2. The van der Waals surface area contributed by atoms with Gasteiger partial charge >= 0.3 is 5.97 Å². The van der Waals surface area contributed by atoms with Gasteiger partial charge in [0, 0.05) is 43.6 Å². The van der Waals surface area contributed by atoms with Gasteiger partial charge in [0.25, 0.3) is 0 Å². The molecule has 0 aliphatic carbocycles. The first kappa shape index (κ1) is 16.8. The second-order valence-electron chi connectivity index (χ2n) is 6.22. The number of fused-ring (bicyclic) bond motifs is 1. The van der Waals surface area contributed by atoms with Crippen molar-refractivity contribution in [1.29, 1.82) is 0 Å². The van der Waals surface area contributed by atoms with Crippen LogP contribution in [0, 0.1) is 6.92 Å². The molecule has 1 N–H and O–H groups in total. The Morgan fingerprint density at radius 1 is 1.35 bits per heavy atom. The molecule has 7 nitrogen and oxygen atoms in total. The fraction of sp³-hybridized carbons (Fsp3) is 0.714. The number of aliphatic carboxylic acids is 1. The fourth-order valence-corrected chi connectivity index (χ4v) is 6.15. The molecule has 128 valence electrons. The zero-order valence-corrected chi connectivity index (χ0v) is 14.6. The monoisotopic (exact) mass is 359 g/mol. The lowest BCUT2D eigenvalue weighted by Crippen LogP contribution is -2.58. The second-order valence-corrected chi connectivity index (χ2v) is 9.44. The largest absolute Gasteiger partial charge is 0.481 e. The van der Waals surface area contributed by atoms with Gasteiger partial charge in [-0.1, -0.05) is 0 Å². The predicted octanol–water partition coefficient (Wildman–Crippen LogP) is 0.209. The van der Waals surface area contributed by atoms with E-state index >= 15 is 0 Å². The molecule has 0 amide bonds. The maximum Gasteiger partial charge on any atom is 0.304 e. The number of thiazole rings is 1. The highest BCUT2D eigenvalue weighted by Crippen LogP contribution is 2.28. The van der Waals surface area contributed by atoms with E-state index in [9.17, 15) is 13.2 Å². The van der Waals surface area contributed by atoms with Crippen molar-refractivity contribution in [3.8, 4) is 0 Å². The first-order chi connectivity index (χ1) is 10.8. The van der Waals surface area contributed by atoms with E-state index in [0.29, 0.717) is 19.6 Å². The van der Waals surface area contributed by atoms with Crippen LogP contribution in [0.5, 0.6) is 0 Å². The SMILES string of the molecule is Cc1nc(CN2CCN(CCC(=O)O)[C@@H]3CS(=O)(=O)C[C@@H]32)cs1. The van der Waals surface area contributed by atoms with Crippen molar-refractivity contribution < 1.29 is 18.3 Å². The van der Waals surface area contributed by atoms with E-state index < -0.39 is 15.8 Å². The molecule has 2 atom stereocenters. The summed E-state index contributed by atoms with van der Waals surface area (Å²) in [6, 6.07) is -0.169. The molecule has 0 bridgehead atoms. The Hall–Kier alpha value is -1.03. The molecule has 0 saturated carbocycles. The van der Waals surface area contributed by atoms with Crippen LogP contribution in [0.25, 0.3) is 0 Å². The summed E-state index contributed by atoms with van der Waals surface area (Å²) in [5, 5.41) is 11.9. The second kappa shape index (κ2) is 6.46. The minimum Gasteiger partial charge on any atom is -0.481 e. The highest BCUT2D eigenvalue weighted by atomic mass is 32.2. The number of rotatable bonds is 5. The molecule has 3 heterocycles. The van der Waals surface area contributed by atoms with Gasteiger partial charge in [0.2, 0.25) is 0 Å². The van der Waals surface area contributed by atoms with E-state index in [2.05, 4.69) is 9.88 Å². The van der Waals surface area contributed by atoms with E-state index in [1.165, 1.54) is 0 Å². The van der Waals surface area contributed by atoms with Gasteiger partial charge in [-0.2, -0.15) is 0 Å². The third kappa shape index (κ3) is 3.90. The molecule has 0 radical (unpaired) electrons. The Morgan fingerprint density at radius 3 is 2.61 bits per heavy atom. The molecule has 1 aromatic heterocycles. The molecule has 3 rings (SSSR count). The van der Waals surface area contributed by atoms with Crippen LogP contribution in [0.4, 0.5) is 0 Å². The van der Waals surface area contributed by atoms with Gasteiger partial charge < -0.3 is 5.11 Å². The van der Waals surface area contributed by atoms with E-state index in [0.717, 1.165) is 17.2 Å². The summed E-state index contributed by atoms with van der Waals surface area (Å²) in [5.41, 5.74) is 0.981. The number of hydrogen-bond donors (Lipinski definition) is 1. The molecule has 9 heteroatoms. The summed E-state index contributed by atoms with van der Waals surface area (Å²) >= 11 is 1.60. The molecule has 2 fully saturated rings. The number of carboxylic acid groups (broad SMARTS) is 1. The van der Waals surface area contributed by atoms with Crippen molar-refractivity contribution in [3.05, 3.63) is 16.1 Å². The van der Waals surface area contributed by atoms with Crippen molar-refractivity contribution in [1.82, 2.24) is 14.8 Å². The van der Waals surface area contributed by atoms with Gasteiger partial charge in [0.15, 0.2) is 9.84 Å². The highest BCUT2D eigenvalue weighted by Gasteiger charge is 2.46. The number of hydrogen-bond acceptors (Lipinski definition) is 7. The standard InChI is InChI=1S/C14H21N3O4S2/c1-10-15-11(7-22-10)6-17-5-4-16(3-2-14(18)19)12-8-23(20,21)9-13(12)17/h7,12-13H,2-6,8-9H2,1H3,(H,18,19)/t12-,13+/m1/s1. The van der Waals surface area contributed by atoms with E-state index in [4.69, 9.17) is 5.11 Å². The topological polar surface area (TPSA) is 90.8 Å². The molecule has 2 aliphatic heterocycles. The van der Waals surface area contributed by atoms with Gasteiger partial charge in [0.05, 0.1) is 28.6 Å². The maximum absolute atomic E-state index is 12.1. The molecule has 2 aliphatic rings. The lowest BCUT2D eigenvalue weighted by atomic mass is 10.0. The Morgan fingerprint density at radius 2 is 2.00 bits per heavy atom. The smallest absolute Gasteiger partial charge is 0.304 e. The minimum atomic E-state index is -3.07. The van der Waals surface area contributed by atoms with Crippen molar-refractivity contribution in [2.45, 2.75) is 32.0 Å². The number of aromatic nitrogens is 1. The van der Waals surface area contributed by atoms with Gasteiger partial charge in [-0.3, -0.25) is 14.6 Å². The Labute approximate surface area is 139 Å². The van der Waals surface area contributed by atoms with Crippen LogP contribution in [0.1, 0.15) is 17.1 Å². The zero-order chi connectivity index (χ0) is 16.6. The van der Waals surface area contributed by atoms with Crippen LogP contribution < -0.4 is 0 Å². The molecule has 0 aromatic carbocycles. The van der Waals surface area contributed by atoms with Crippen molar-refractivity contribution >= 4 is 27.1 Å². The van der Waals surface area contributed by atoms with Gasteiger partial charge in [0.1, 0.15) is 0 Å². The summed E-state index contributed by atoms with van der Waals surface area (Å²) in [5.74, 6) is -0.559. The van der Waals surface area contributed by atoms with Gasteiger partial charge in [-0.05, 0) is 6.92 Å². The number of piperazine rings is 1. The number of aryl methyl sites for hydroxylation is 1. The molecule has 2 saturated heterocycles. The molecule has 0 unspecified atom stereocenters. The zero-order valence-electron chi connectivity index (χ0n) is 13.0. The third-order valence-electron chi connectivity index (χ3n) is 4.55. The first-order valence-corrected chi connectivity index (χ1v) is 10.4. The lowest BCUT2D eigenvalue weighted by molar-refractivity contribution is -0.137. The average Bonchev–Trinajstić information content (AvgIpc) is 3.00. The van der Waals surface area contributed by atoms with Crippen LogP contribution in [0.2, 0.25) is 0 Å². The van der Waals surface area contributed by atoms with E-state index in [-0.39, 0.29) is 30.0 Å². The predicted molar refractivity (Wildman–Crippen MR) is 87.3 cm³/mol. The summed E-state index contributed by atoms with van der Waals surface area (Å²) in [6.45, 7) is 4.48. The Balaban J connectivity index is 1.74. The summed E-state index contributed by atoms with van der Waals surface area (Å²) in [4.78, 5) is 19.5. The fourth-order valence-electron chi connectivity index (χ4n) is 3.50. The third-order valence-corrected chi connectivity index (χ3v) is 7.07.